The molecule has 0 saturated heterocycles. The third-order valence-corrected chi connectivity index (χ3v) is 8.72. The molecule has 0 bridgehead atoms. The van der Waals surface area contributed by atoms with Crippen molar-refractivity contribution in [2.45, 2.75) is 59.8 Å². The lowest BCUT2D eigenvalue weighted by Gasteiger charge is -2.24. The molecule has 0 unspecified atom stereocenters. The quantitative estimate of drug-likeness (QED) is 0.414. The second-order valence-corrected chi connectivity index (χ2v) is 11.0. The first kappa shape index (κ1) is 22.9. The second-order valence-electron chi connectivity index (χ2n) is 8.04. The zero-order valence-electron chi connectivity index (χ0n) is 18.3. The Balaban J connectivity index is 2.16. The predicted octanol–water partition coefficient (Wildman–Crippen LogP) is 5.91. The van der Waals surface area contributed by atoms with E-state index in [0.29, 0.717) is 0 Å². The van der Waals surface area contributed by atoms with Crippen molar-refractivity contribution in [3.63, 3.8) is 0 Å². The van der Waals surface area contributed by atoms with Crippen molar-refractivity contribution in [2.75, 3.05) is 25.8 Å². The Morgan fingerprint density at radius 1 is 0.679 bits per heavy atom. The standard InChI is InChI=1S/C25H38NOP/c1-5-7-18-26(19-8-6-2)20-9-21-28(27,24-14-10-22(3)11-15-24)25-16-12-23(4)13-17-25/h10-17H,5-9,18-21H2,1-4H3. The molecule has 0 aromatic heterocycles. The molecule has 0 atom stereocenters. The normalized spacial score (nSPS) is 11.9. The highest BCUT2D eigenvalue weighted by Gasteiger charge is 2.27. The Bertz CT molecular complexity index is 679. The summed E-state index contributed by atoms with van der Waals surface area (Å²) in [6, 6.07) is 16.6. The van der Waals surface area contributed by atoms with Gasteiger partial charge >= 0.3 is 0 Å². The summed E-state index contributed by atoms with van der Waals surface area (Å²) in [7, 11) is -2.60. The molecule has 0 saturated carbocycles. The lowest BCUT2D eigenvalue weighted by molar-refractivity contribution is 0.266. The van der Waals surface area contributed by atoms with Crippen molar-refractivity contribution < 1.29 is 4.57 Å². The number of rotatable bonds is 12. The Morgan fingerprint density at radius 3 is 1.46 bits per heavy atom. The first-order valence-electron chi connectivity index (χ1n) is 11.0. The summed E-state index contributed by atoms with van der Waals surface area (Å²) in [4.78, 5) is 2.57. The number of aryl methyl sites for hydroxylation is 2. The summed E-state index contributed by atoms with van der Waals surface area (Å²) in [5, 5.41) is 1.99. The van der Waals surface area contributed by atoms with Gasteiger partial charge in [-0.15, -0.1) is 0 Å². The molecule has 0 aliphatic heterocycles. The molecule has 0 aliphatic rings. The smallest absolute Gasteiger partial charge is 0.143 e. The fourth-order valence-corrected chi connectivity index (χ4v) is 6.26. The lowest BCUT2D eigenvalue weighted by Crippen LogP contribution is -2.29. The van der Waals surface area contributed by atoms with Crippen LogP contribution in [0.15, 0.2) is 48.5 Å². The monoisotopic (exact) mass is 399 g/mol. The van der Waals surface area contributed by atoms with E-state index in [-0.39, 0.29) is 0 Å². The molecule has 0 fully saturated rings. The molecule has 154 valence electrons. The van der Waals surface area contributed by atoms with E-state index >= 15 is 0 Å². The van der Waals surface area contributed by atoms with Crippen LogP contribution < -0.4 is 10.6 Å². The highest BCUT2D eigenvalue weighted by atomic mass is 31.2. The minimum absolute atomic E-state index is 0.744. The second kappa shape index (κ2) is 11.6. The fourth-order valence-electron chi connectivity index (χ4n) is 3.59. The van der Waals surface area contributed by atoms with Crippen LogP contribution in [0.4, 0.5) is 0 Å². The molecule has 0 spiro atoms. The van der Waals surface area contributed by atoms with Crippen LogP contribution in [0.3, 0.4) is 0 Å². The van der Waals surface area contributed by atoms with Crippen molar-refractivity contribution in [1.29, 1.82) is 0 Å². The summed E-state index contributed by atoms with van der Waals surface area (Å²) >= 11 is 0. The van der Waals surface area contributed by atoms with Crippen LogP contribution in [-0.2, 0) is 4.57 Å². The maximum Gasteiger partial charge on any atom is 0.143 e. The van der Waals surface area contributed by atoms with E-state index in [1.807, 2.05) is 0 Å². The zero-order chi connectivity index (χ0) is 20.4. The van der Waals surface area contributed by atoms with Crippen LogP contribution in [0.1, 0.15) is 57.1 Å². The largest absolute Gasteiger partial charge is 0.314 e. The van der Waals surface area contributed by atoms with E-state index in [4.69, 9.17) is 0 Å². The van der Waals surface area contributed by atoms with E-state index < -0.39 is 7.14 Å². The zero-order valence-corrected chi connectivity index (χ0v) is 19.2. The molecule has 2 aromatic rings. The SMILES string of the molecule is CCCCN(CCCC)CCCP(=O)(c1ccc(C)cc1)c1ccc(C)cc1. The highest BCUT2D eigenvalue weighted by Crippen LogP contribution is 2.44. The van der Waals surface area contributed by atoms with Crippen LogP contribution in [0.5, 0.6) is 0 Å². The van der Waals surface area contributed by atoms with Crippen LogP contribution in [0.25, 0.3) is 0 Å². The molecule has 3 heteroatoms. The van der Waals surface area contributed by atoms with Crippen LogP contribution in [0, 0.1) is 13.8 Å². The number of unbranched alkanes of at least 4 members (excludes halogenated alkanes) is 2. The summed E-state index contributed by atoms with van der Waals surface area (Å²) < 4.78 is 14.2. The van der Waals surface area contributed by atoms with Crippen molar-refractivity contribution in [3.05, 3.63) is 59.7 Å². The van der Waals surface area contributed by atoms with Gasteiger partial charge in [0.15, 0.2) is 0 Å². The van der Waals surface area contributed by atoms with Gasteiger partial charge in [-0.1, -0.05) is 86.3 Å². The average molecular weight is 400 g/mol. The number of nitrogens with zero attached hydrogens (tertiary/aromatic N) is 1. The third kappa shape index (κ3) is 6.61. The minimum atomic E-state index is -2.60. The van der Waals surface area contributed by atoms with Gasteiger partial charge in [-0.2, -0.15) is 0 Å². The molecule has 2 nitrogen and oxygen atoms in total. The van der Waals surface area contributed by atoms with Gasteiger partial charge in [-0.25, -0.2) is 0 Å². The van der Waals surface area contributed by atoms with Crippen LogP contribution in [0.2, 0.25) is 0 Å². The van der Waals surface area contributed by atoms with Gasteiger partial charge in [0.05, 0.1) is 0 Å². The van der Waals surface area contributed by atoms with E-state index in [0.717, 1.165) is 42.8 Å². The van der Waals surface area contributed by atoms with Crippen LogP contribution in [-0.4, -0.2) is 30.7 Å². The van der Waals surface area contributed by atoms with Gasteiger partial charge < -0.3 is 9.46 Å². The van der Waals surface area contributed by atoms with E-state index in [9.17, 15) is 4.57 Å². The van der Waals surface area contributed by atoms with E-state index in [1.165, 1.54) is 36.8 Å². The Hall–Kier alpha value is -1.37. The molecular formula is C25H38NOP. The topological polar surface area (TPSA) is 20.3 Å². The first-order chi connectivity index (χ1) is 13.5. The molecule has 0 N–H and O–H groups in total. The molecule has 0 aliphatic carbocycles. The third-order valence-electron chi connectivity index (χ3n) is 5.51. The predicted molar refractivity (Wildman–Crippen MR) is 125 cm³/mol. The number of hydrogen-bond acceptors (Lipinski definition) is 2. The van der Waals surface area contributed by atoms with Crippen molar-refractivity contribution in [3.8, 4) is 0 Å². The molecule has 0 heterocycles. The van der Waals surface area contributed by atoms with Gasteiger partial charge in [-0.3, -0.25) is 0 Å². The van der Waals surface area contributed by atoms with Gasteiger partial charge in [0.2, 0.25) is 0 Å². The summed E-state index contributed by atoms with van der Waals surface area (Å²) in [5.74, 6) is 0. The van der Waals surface area contributed by atoms with Gasteiger partial charge in [0.25, 0.3) is 0 Å². The Labute approximate surface area is 172 Å². The summed E-state index contributed by atoms with van der Waals surface area (Å²) in [5.41, 5.74) is 2.43. The molecular weight excluding hydrogens is 361 g/mol. The van der Waals surface area contributed by atoms with Crippen LogP contribution >= 0.6 is 7.14 Å². The molecule has 28 heavy (non-hydrogen) atoms. The van der Waals surface area contributed by atoms with Crippen molar-refractivity contribution in [2.24, 2.45) is 0 Å². The van der Waals surface area contributed by atoms with Crippen molar-refractivity contribution >= 4 is 17.8 Å². The maximum atomic E-state index is 14.2. The number of benzene rings is 2. The minimum Gasteiger partial charge on any atom is -0.314 e. The van der Waals surface area contributed by atoms with Gasteiger partial charge in [-0.05, 0) is 52.7 Å². The molecule has 0 amide bonds. The lowest BCUT2D eigenvalue weighted by atomic mass is 10.2. The Kier molecular flexibility index (Phi) is 9.48. The van der Waals surface area contributed by atoms with Gasteiger partial charge in [0, 0.05) is 16.8 Å². The molecule has 2 aromatic carbocycles. The highest BCUT2D eigenvalue weighted by molar-refractivity contribution is 7.78. The summed E-state index contributed by atoms with van der Waals surface area (Å²) in [6.07, 6.45) is 6.68. The summed E-state index contributed by atoms with van der Waals surface area (Å²) in [6.45, 7) is 12.0. The van der Waals surface area contributed by atoms with E-state index in [2.05, 4.69) is 81.1 Å². The van der Waals surface area contributed by atoms with Gasteiger partial charge in [0.1, 0.15) is 7.14 Å². The molecule has 2 rings (SSSR count). The molecule has 0 radical (unpaired) electrons. The Morgan fingerprint density at radius 2 is 1.07 bits per heavy atom. The number of hydrogen-bond donors (Lipinski definition) is 0. The maximum absolute atomic E-state index is 14.2. The van der Waals surface area contributed by atoms with Crippen molar-refractivity contribution in [1.82, 2.24) is 4.90 Å². The van der Waals surface area contributed by atoms with E-state index in [1.54, 1.807) is 0 Å². The first-order valence-corrected chi connectivity index (χ1v) is 12.8. The average Bonchev–Trinajstić information content (AvgIpc) is 2.70. The fraction of sp³-hybridized carbons (Fsp3) is 0.520.